The number of carbonyl (C=O) groups is 1. The number of benzene rings is 1. The average molecular weight is 404 g/mol. The number of nitrogens with one attached hydrogen (secondary N) is 2. The van der Waals surface area contributed by atoms with Crippen molar-refractivity contribution in [2.24, 2.45) is 4.99 Å². The van der Waals surface area contributed by atoms with E-state index in [0.29, 0.717) is 5.96 Å². The Morgan fingerprint density at radius 2 is 1.90 bits per heavy atom. The monoisotopic (exact) mass is 403 g/mol. The van der Waals surface area contributed by atoms with Crippen LogP contribution in [0, 0.1) is 0 Å². The topological polar surface area (TPSA) is 69.2 Å². The highest BCUT2D eigenvalue weighted by molar-refractivity contribution is 5.84. The molecule has 1 unspecified atom stereocenters. The van der Waals surface area contributed by atoms with E-state index in [9.17, 15) is 4.79 Å². The molecule has 0 radical (unpaired) electrons. The number of hydrogen-bond donors (Lipinski definition) is 2. The van der Waals surface area contributed by atoms with E-state index in [2.05, 4.69) is 39.6 Å². The van der Waals surface area contributed by atoms with Crippen LogP contribution in [0.3, 0.4) is 0 Å². The largest absolute Gasteiger partial charge is 0.497 e. The lowest BCUT2D eigenvalue weighted by Crippen LogP contribution is -2.43. The first kappa shape index (κ1) is 23.0. The zero-order valence-electron chi connectivity index (χ0n) is 18.4. The van der Waals surface area contributed by atoms with Crippen molar-refractivity contribution in [1.29, 1.82) is 0 Å². The Labute approximate surface area is 175 Å². The lowest BCUT2D eigenvalue weighted by atomic mass is 10.1. The highest BCUT2D eigenvalue weighted by atomic mass is 16.5. The Hall–Kier alpha value is -2.28. The maximum atomic E-state index is 11.9. The predicted molar refractivity (Wildman–Crippen MR) is 118 cm³/mol. The summed E-state index contributed by atoms with van der Waals surface area (Å²) in [6, 6.07) is 8.57. The van der Waals surface area contributed by atoms with Crippen LogP contribution >= 0.6 is 0 Å². The van der Waals surface area contributed by atoms with Gasteiger partial charge < -0.3 is 20.3 Å². The third kappa shape index (κ3) is 7.57. The molecular formula is C22H37N5O2. The van der Waals surface area contributed by atoms with E-state index < -0.39 is 0 Å². The van der Waals surface area contributed by atoms with Gasteiger partial charge in [-0.1, -0.05) is 25.5 Å². The lowest BCUT2D eigenvalue weighted by Gasteiger charge is -2.29. The van der Waals surface area contributed by atoms with Crippen LogP contribution in [0.1, 0.15) is 44.2 Å². The van der Waals surface area contributed by atoms with Crippen molar-refractivity contribution in [3.05, 3.63) is 29.8 Å². The Morgan fingerprint density at radius 1 is 1.21 bits per heavy atom. The lowest BCUT2D eigenvalue weighted by molar-refractivity contribution is -0.127. The molecule has 1 aliphatic rings. The number of likely N-dealkylation sites (N-methyl/N-ethyl adjacent to an activating group) is 1. The standard InChI is InChI=1S/C22H37N5O2/c1-5-6-13-23-22(25-17-21(28)26(2)3)24-16-20(27-14-7-8-15-27)18-9-11-19(29-4)12-10-18/h9-12,20H,5-8,13-17H2,1-4H3,(H2,23,24,25). The summed E-state index contributed by atoms with van der Waals surface area (Å²) < 4.78 is 5.31. The van der Waals surface area contributed by atoms with Gasteiger partial charge in [-0.15, -0.1) is 0 Å². The number of likely N-dealkylation sites (tertiary alicyclic amines) is 1. The summed E-state index contributed by atoms with van der Waals surface area (Å²) >= 11 is 0. The van der Waals surface area contributed by atoms with Gasteiger partial charge in [0.15, 0.2) is 5.96 Å². The molecule has 0 saturated carbocycles. The molecule has 7 nitrogen and oxygen atoms in total. The SMILES string of the molecule is CCCCNC(=NCC(=O)N(C)C)NCC(c1ccc(OC)cc1)N1CCCC1. The van der Waals surface area contributed by atoms with E-state index in [4.69, 9.17) is 4.74 Å². The van der Waals surface area contributed by atoms with Gasteiger partial charge in [-0.3, -0.25) is 9.69 Å². The first-order valence-electron chi connectivity index (χ1n) is 10.7. The smallest absolute Gasteiger partial charge is 0.243 e. The van der Waals surface area contributed by atoms with Gasteiger partial charge in [0.25, 0.3) is 0 Å². The molecular weight excluding hydrogens is 366 g/mol. The number of amides is 1. The molecule has 1 amide bonds. The molecule has 1 heterocycles. The summed E-state index contributed by atoms with van der Waals surface area (Å²) in [6.45, 7) is 6.09. The molecule has 0 spiro atoms. The number of aliphatic imine (C=N–C) groups is 1. The fraction of sp³-hybridized carbons (Fsp3) is 0.636. The Balaban J connectivity index is 2.08. The number of guanidine groups is 1. The molecule has 1 fully saturated rings. The van der Waals surface area contributed by atoms with E-state index >= 15 is 0 Å². The van der Waals surface area contributed by atoms with Gasteiger partial charge in [0.2, 0.25) is 5.91 Å². The van der Waals surface area contributed by atoms with Gasteiger partial charge in [0, 0.05) is 27.2 Å². The van der Waals surface area contributed by atoms with Gasteiger partial charge in [-0.05, 0) is 50.0 Å². The van der Waals surface area contributed by atoms with Crippen molar-refractivity contribution in [2.45, 2.75) is 38.6 Å². The fourth-order valence-corrected chi connectivity index (χ4v) is 3.38. The van der Waals surface area contributed by atoms with E-state index in [-0.39, 0.29) is 18.5 Å². The summed E-state index contributed by atoms with van der Waals surface area (Å²) in [5.74, 6) is 1.56. The quantitative estimate of drug-likeness (QED) is 0.356. The second kappa shape index (κ2) is 12.3. The minimum absolute atomic E-state index is 0.00663. The second-order valence-electron chi connectivity index (χ2n) is 7.65. The van der Waals surface area contributed by atoms with Gasteiger partial charge in [-0.2, -0.15) is 0 Å². The molecule has 2 rings (SSSR count). The summed E-state index contributed by atoms with van der Waals surface area (Å²) in [5, 5.41) is 6.83. The summed E-state index contributed by atoms with van der Waals surface area (Å²) in [6.07, 6.45) is 4.65. The molecule has 0 bridgehead atoms. The predicted octanol–water partition coefficient (Wildman–Crippen LogP) is 2.26. The average Bonchev–Trinajstić information content (AvgIpc) is 3.26. The molecule has 1 aliphatic heterocycles. The van der Waals surface area contributed by atoms with Gasteiger partial charge >= 0.3 is 0 Å². The van der Waals surface area contributed by atoms with E-state index in [1.54, 1.807) is 26.1 Å². The molecule has 7 heteroatoms. The van der Waals surface area contributed by atoms with Crippen molar-refractivity contribution in [2.75, 3.05) is 53.9 Å². The van der Waals surface area contributed by atoms with E-state index in [0.717, 1.165) is 44.8 Å². The van der Waals surface area contributed by atoms with E-state index in [1.807, 2.05) is 12.1 Å². The molecule has 1 aromatic rings. The van der Waals surface area contributed by atoms with Crippen LogP contribution in [0.2, 0.25) is 0 Å². The van der Waals surface area contributed by atoms with Crippen molar-refractivity contribution in [1.82, 2.24) is 20.4 Å². The minimum atomic E-state index is -0.00663. The highest BCUT2D eigenvalue weighted by Crippen LogP contribution is 2.26. The van der Waals surface area contributed by atoms with Crippen LogP contribution < -0.4 is 15.4 Å². The Bertz CT molecular complexity index is 639. The zero-order valence-corrected chi connectivity index (χ0v) is 18.4. The highest BCUT2D eigenvalue weighted by Gasteiger charge is 2.23. The van der Waals surface area contributed by atoms with E-state index in [1.165, 1.54) is 18.4 Å². The van der Waals surface area contributed by atoms with Crippen LogP contribution in [0.4, 0.5) is 0 Å². The van der Waals surface area contributed by atoms with Crippen LogP contribution in [-0.2, 0) is 4.79 Å². The Morgan fingerprint density at radius 3 is 2.48 bits per heavy atom. The number of methoxy groups -OCH3 is 1. The van der Waals surface area contributed by atoms with Crippen molar-refractivity contribution in [3.63, 3.8) is 0 Å². The van der Waals surface area contributed by atoms with Gasteiger partial charge in [0.05, 0.1) is 13.2 Å². The minimum Gasteiger partial charge on any atom is -0.497 e. The molecule has 29 heavy (non-hydrogen) atoms. The molecule has 0 aliphatic carbocycles. The number of ether oxygens (including phenoxy) is 1. The number of unbranched alkanes of at least 4 members (excludes halogenated alkanes) is 1. The van der Waals surface area contributed by atoms with Gasteiger partial charge in [0.1, 0.15) is 12.3 Å². The third-order valence-corrected chi connectivity index (χ3v) is 5.24. The van der Waals surface area contributed by atoms with Crippen LogP contribution in [0.25, 0.3) is 0 Å². The van der Waals surface area contributed by atoms with Crippen LogP contribution in [-0.4, -0.2) is 75.6 Å². The number of carbonyl (C=O) groups excluding carboxylic acids is 1. The molecule has 1 aromatic carbocycles. The summed E-state index contributed by atoms with van der Waals surface area (Å²) in [4.78, 5) is 20.5. The molecule has 1 atom stereocenters. The summed E-state index contributed by atoms with van der Waals surface area (Å²) in [7, 11) is 5.19. The zero-order chi connectivity index (χ0) is 21.1. The number of hydrogen-bond acceptors (Lipinski definition) is 4. The van der Waals surface area contributed by atoms with Crippen LogP contribution in [0.5, 0.6) is 5.75 Å². The molecule has 1 saturated heterocycles. The third-order valence-electron chi connectivity index (χ3n) is 5.24. The molecule has 162 valence electrons. The number of rotatable bonds is 10. The maximum Gasteiger partial charge on any atom is 0.243 e. The summed E-state index contributed by atoms with van der Waals surface area (Å²) in [5.41, 5.74) is 1.26. The molecule has 0 aromatic heterocycles. The fourth-order valence-electron chi connectivity index (χ4n) is 3.38. The van der Waals surface area contributed by atoms with Crippen molar-refractivity contribution >= 4 is 11.9 Å². The maximum absolute atomic E-state index is 11.9. The van der Waals surface area contributed by atoms with Crippen LogP contribution in [0.15, 0.2) is 29.3 Å². The number of nitrogens with zero attached hydrogens (tertiary/aromatic N) is 3. The first-order valence-corrected chi connectivity index (χ1v) is 10.7. The normalized spacial score (nSPS) is 15.8. The van der Waals surface area contributed by atoms with Crippen molar-refractivity contribution in [3.8, 4) is 5.75 Å². The Kier molecular flexibility index (Phi) is 9.77. The van der Waals surface area contributed by atoms with Gasteiger partial charge in [-0.25, -0.2) is 4.99 Å². The first-order chi connectivity index (χ1) is 14.0. The second-order valence-corrected chi connectivity index (χ2v) is 7.65. The van der Waals surface area contributed by atoms with Crippen molar-refractivity contribution < 1.29 is 9.53 Å². The molecule has 2 N–H and O–H groups in total.